The lowest BCUT2D eigenvalue weighted by atomic mass is 10.1. The number of carbonyl (C=O) groups excluding carboxylic acids is 1. The minimum atomic E-state index is -0.951. The molecule has 1 unspecified atom stereocenters. The van der Waals surface area contributed by atoms with E-state index in [0.717, 1.165) is 6.42 Å². The van der Waals surface area contributed by atoms with Crippen LogP contribution in [0.3, 0.4) is 0 Å². The lowest BCUT2D eigenvalue weighted by Crippen LogP contribution is -2.31. The predicted octanol–water partition coefficient (Wildman–Crippen LogP) is 1.93. The summed E-state index contributed by atoms with van der Waals surface area (Å²) in [7, 11) is 1.53. The fraction of sp³-hybridized carbons (Fsp3) is 0.467. The van der Waals surface area contributed by atoms with Crippen LogP contribution in [0.2, 0.25) is 0 Å². The number of carbonyl (C=O) groups is 2. The number of methoxy groups -OCH3 is 1. The molecule has 0 radical (unpaired) electrons. The Morgan fingerprint density at radius 3 is 2.67 bits per heavy atom. The maximum atomic E-state index is 12.1. The van der Waals surface area contributed by atoms with Gasteiger partial charge in [-0.15, -0.1) is 0 Å². The highest BCUT2D eigenvalue weighted by Crippen LogP contribution is 2.25. The van der Waals surface area contributed by atoms with E-state index in [-0.39, 0.29) is 12.5 Å². The molecule has 0 aliphatic carbocycles. The molecule has 0 aromatic heterocycles. The van der Waals surface area contributed by atoms with Gasteiger partial charge in [-0.25, -0.2) is 0 Å². The fourth-order valence-electron chi connectivity index (χ4n) is 1.58. The number of nitrogens with one attached hydrogen (secondary N) is 1. The second-order valence-electron chi connectivity index (χ2n) is 4.66. The van der Waals surface area contributed by atoms with Gasteiger partial charge < -0.3 is 19.9 Å². The molecule has 0 aliphatic heterocycles. The van der Waals surface area contributed by atoms with E-state index in [4.69, 9.17) is 14.6 Å². The topological polar surface area (TPSA) is 84.9 Å². The predicted molar refractivity (Wildman–Crippen MR) is 77.9 cm³/mol. The molecular weight excluding hydrogens is 274 g/mol. The summed E-state index contributed by atoms with van der Waals surface area (Å²) in [4.78, 5) is 22.9. The van der Waals surface area contributed by atoms with Crippen LogP contribution in [0.1, 0.15) is 30.6 Å². The number of ether oxygens (including phenoxy) is 2. The standard InChI is InChI=1S/C15H21NO5/c1-4-7-21-13-8-11(20-3)5-6-12(13)14(17)16-9-10(2)15(18)19/h5-6,8,10H,4,7,9H2,1-3H3,(H,16,17)(H,18,19). The van der Waals surface area contributed by atoms with E-state index in [1.165, 1.54) is 14.0 Å². The summed E-state index contributed by atoms with van der Waals surface area (Å²) in [5.74, 6) is -0.940. The van der Waals surface area contributed by atoms with E-state index in [2.05, 4.69) is 5.32 Å². The van der Waals surface area contributed by atoms with E-state index in [1.807, 2.05) is 6.92 Å². The quantitative estimate of drug-likeness (QED) is 0.765. The number of rotatable bonds is 8. The number of carboxylic acid groups (broad SMARTS) is 1. The Labute approximate surface area is 124 Å². The van der Waals surface area contributed by atoms with Crippen molar-refractivity contribution >= 4 is 11.9 Å². The molecule has 1 aromatic carbocycles. The van der Waals surface area contributed by atoms with Crippen molar-refractivity contribution in [3.8, 4) is 11.5 Å². The Morgan fingerprint density at radius 2 is 2.10 bits per heavy atom. The summed E-state index contributed by atoms with van der Waals surface area (Å²) >= 11 is 0. The number of hydrogen-bond acceptors (Lipinski definition) is 4. The fourth-order valence-corrected chi connectivity index (χ4v) is 1.58. The SMILES string of the molecule is CCCOc1cc(OC)ccc1C(=O)NCC(C)C(=O)O. The van der Waals surface area contributed by atoms with Crippen molar-refractivity contribution in [1.82, 2.24) is 5.32 Å². The molecule has 6 heteroatoms. The van der Waals surface area contributed by atoms with E-state index < -0.39 is 11.9 Å². The molecular formula is C15H21NO5. The van der Waals surface area contributed by atoms with Crippen LogP contribution in [-0.4, -0.2) is 37.2 Å². The number of amides is 1. The Kier molecular flexibility index (Phi) is 6.52. The zero-order chi connectivity index (χ0) is 15.8. The summed E-state index contributed by atoms with van der Waals surface area (Å²) < 4.78 is 10.7. The lowest BCUT2D eigenvalue weighted by molar-refractivity contribution is -0.140. The van der Waals surface area contributed by atoms with Crippen molar-refractivity contribution in [3.63, 3.8) is 0 Å². The van der Waals surface area contributed by atoms with Crippen LogP contribution < -0.4 is 14.8 Å². The molecule has 0 spiro atoms. The van der Waals surface area contributed by atoms with Gasteiger partial charge in [0, 0.05) is 12.6 Å². The Bertz CT molecular complexity index is 501. The van der Waals surface area contributed by atoms with Crippen LogP contribution in [0.5, 0.6) is 11.5 Å². The Balaban J connectivity index is 2.84. The molecule has 0 saturated heterocycles. The first-order valence-electron chi connectivity index (χ1n) is 6.81. The normalized spacial score (nSPS) is 11.6. The van der Waals surface area contributed by atoms with Crippen molar-refractivity contribution in [2.45, 2.75) is 20.3 Å². The third-order valence-corrected chi connectivity index (χ3v) is 2.89. The summed E-state index contributed by atoms with van der Waals surface area (Å²) in [6, 6.07) is 4.91. The van der Waals surface area contributed by atoms with Gasteiger partial charge in [0.2, 0.25) is 0 Å². The first kappa shape index (κ1) is 16.8. The molecule has 1 rings (SSSR count). The largest absolute Gasteiger partial charge is 0.497 e. The van der Waals surface area contributed by atoms with E-state index in [1.54, 1.807) is 18.2 Å². The van der Waals surface area contributed by atoms with Gasteiger partial charge in [-0.05, 0) is 18.6 Å². The first-order chi connectivity index (χ1) is 9.99. The van der Waals surface area contributed by atoms with Crippen LogP contribution >= 0.6 is 0 Å². The number of aliphatic carboxylic acids is 1. The third kappa shape index (κ3) is 4.98. The van der Waals surface area contributed by atoms with Crippen molar-refractivity contribution < 1.29 is 24.2 Å². The van der Waals surface area contributed by atoms with E-state index in [0.29, 0.717) is 23.7 Å². The molecule has 0 saturated carbocycles. The van der Waals surface area contributed by atoms with Gasteiger partial charge in [-0.2, -0.15) is 0 Å². The Morgan fingerprint density at radius 1 is 1.38 bits per heavy atom. The zero-order valence-electron chi connectivity index (χ0n) is 12.5. The lowest BCUT2D eigenvalue weighted by Gasteiger charge is -2.13. The molecule has 6 nitrogen and oxygen atoms in total. The van der Waals surface area contributed by atoms with Gasteiger partial charge in [-0.3, -0.25) is 9.59 Å². The monoisotopic (exact) mass is 295 g/mol. The highest BCUT2D eigenvalue weighted by atomic mass is 16.5. The minimum Gasteiger partial charge on any atom is -0.497 e. The van der Waals surface area contributed by atoms with Gasteiger partial charge in [0.1, 0.15) is 11.5 Å². The number of hydrogen-bond donors (Lipinski definition) is 2. The van der Waals surface area contributed by atoms with Crippen LogP contribution in [0.25, 0.3) is 0 Å². The van der Waals surface area contributed by atoms with Crippen molar-refractivity contribution in [2.24, 2.45) is 5.92 Å². The smallest absolute Gasteiger partial charge is 0.308 e. The molecule has 0 bridgehead atoms. The highest BCUT2D eigenvalue weighted by molar-refractivity contribution is 5.97. The summed E-state index contributed by atoms with van der Waals surface area (Å²) in [6.45, 7) is 4.05. The molecule has 1 atom stereocenters. The second-order valence-corrected chi connectivity index (χ2v) is 4.66. The van der Waals surface area contributed by atoms with Gasteiger partial charge >= 0.3 is 5.97 Å². The molecule has 21 heavy (non-hydrogen) atoms. The van der Waals surface area contributed by atoms with Crippen LogP contribution in [0.4, 0.5) is 0 Å². The first-order valence-corrected chi connectivity index (χ1v) is 6.81. The maximum absolute atomic E-state index is 12.1. The number of carboxylic acids is 1. The minimum absolute atomic E-state index is 0.0629. The molecule has 0 fully saturated rings. The summed E-state index contributed by atoms with van der Waals surface area (Å²) in [6.07, 6.45) is 0.814. The van der Waals surface area contributed by atoms with Gasteiger partial charge in [0.05, 0.1) is 25.2 Å². The highest BCUT2D eigenvalue weighted by Gasteiger charge is 2.16. The van der Waals surface area contributed by atoms with Crippen LogP contribution in [0.15, 0.2) is 18.2 Å². The molecule has 0 aliphatic rings. The van der Waals surface area contributed by atoms with Crippen molar-refractivity contribution in [1.29, 1.82) is 0 Å². The van der Waals surface area contributed by atoms with Gasteiger partial charge in [0.25, 0.3) is 5.91 Å². The molecule has 0 heterocycles. The molecule has 116 valence electrons. The van der Waals surface area contributed by atoms with Crippen LogP contribution in [0, 0.1) is 5.92 Å². The Hall–Kier alpha value is -2.24. The molecule has 1 amide bonds. The average Bonchev–Trinajstić information content (AvgIpc) is 2.49. The average molecular weight is 295 g/mol. The molecule has 2 N–H and O–H groups in total. The van der Waals surface area contributed by atoms with Crippen molar-refractivity contribution in [3.05, 3.63) is 23.8 Å². The van der Waals surface area contributed by atoms with Gasteiger partial charge in [-0.1, -0.05) is 13.8 Å². The van der Waals surface area contributed by atoms with Gasteiger partial charge in [0.15, 0.2) is 0 Å². The summed E-state index contributed by atoms with van der Waals surface area (Å²) in [5, 5.41) is 11.4. The maximum Gasteiger partial charge on any atom is 0.308 e. The second kappa shape index (κ2) is 8.14. The van der Waals surface area contributed by atoms with Crippen LogP contribution in [-0.2, 0) is 4.79 Å². The summed E-state index contributed by atoms with van der Waals surface area (Å²) in [5.41, 5.74) is 0.363. The molecule has 1 aromatic rings. The zero-order valence-corrected chi connectivity index (χ0v) is 12.5. The van der Waals surface area contributed by atoms with Crippen molar-refractivity contribution in [2.75, 3.05) is 20.3 Å². The van der Waals surface area contributed by atoms with E-state index >= 15 is 0 Å². The third-order valence-electron chi connectivity index (χ3n) is 2.89. The van der Waals surface area contributed by atoms with E-state index in [9.17, 15) is 9.59 Å². The number of benzene rings is 1.